The fourth-order valence-corrected chi connectivity index (χ4v) is 6.73. The summed E-state index contributed by atoms with van der Waals surface area (Å²) in [5.41, 5.74) is 1.52. The molecule has 2 aromatic rings. The quantitative estimate of drug-likeness (QED) is 0.319. The number of hydrogen-bond donors (Lipinski definition) is 4. The molecule has 1 fully saturated rings. The molecule has 0 heterocycles. The summed E-state index contributed by atoms with van der Waals surface area (Å²) in [7, 11) is -6.77. The first-order valence-corrected chi connectivity index (χ1v) is 16.0. The zero-order valence-electron chi connectivity index (χ0n) is 21.9. The number of phenolic OH excluding ortho intramolecular Hbond substituents is 1. The van der Waals surface area contributed by atoms with E-state index in [2.05, 4.69) is 16.4 Å². The molecule has 4 N–H and O–H groups in total. The Morgan fingerprint density at radius 2 is 1.46 bits per heavy atom. The van der Waals surface area contributed by atoms with Crippen LogP contribution < -0.4 is 9.44 Å². The van der Waals surface area contributed by atoms with Gasteiger partial charge in [-0.3, -0.25) is 0 Å². The number of rotatable bonds is 12. The van der Waals surface area contributed by atoms with Crippen LogP contribution in [0.3, 0.4) is 0 Å². The SMILES string of the molecule is CC(CNS(=O)(=O)C(C)C)C1CCC(O)(c2ccc(CCNS(=O)(=O)Cc3ccc(O)cc3)cc2)CC1. The van der Waals surface area contributed by atoms with Crippen molar-refractivity contribution in [2.75, 3.05) is 13.1 Å². The van der Waals surface area contributed by atoms with Crippen LogP contribution in [0.4, 0.5) is 0 Å². The van der Waals surface area contributed by atoms with Gasteiger partial charge < -0.3 is 10.2 Å². The lowest BCUT2D eigenvalue weighted by Crippen LogP contribution is -2.38. The Hall–Kier alpha value is -1.98. The Morgan fingerprint density at radius 1 is 0.892 bits per heavy atom. The molecule has 1 atom stereocenters. The van der Waals surface area contributed by atoms with Crippen molar-refractivity contribution >= 4 is 20.0 Å². The van der Waals surface area contributed by atoms with Crippen molar-refractivity contribution in [1.82, 2.24) is 9.44 Å². The second-order valence-electron chi connectivity index (χ2n) is 10.6. The van der Waals surface area contributed by atoms with Crippen LogP contribution in [0.15, 0.2) is 48.5 Å². The van der Waals surface area contributed by atoms with Gasteiger partial charge in [0, 0.05) is 13.1 Å². The summed E-state index contributed by atoms with van der Waals surface area (Å²) in [6.07, 6.45) is 3.42. The molecule has 1 saturated carbocycles. The molecule has 10 heteroatoms. The van der Waals surface area contributed by atoms with Gasteiger partial charge >= 0.3 is 0 Å². The first kappa shape index (κ1) is 29.6. The van der Waals surface area contributed by atoms with Crippen molar-refractivity contribution in [3.63, 3.8) is 0 Å². The number of sulfonamides is 2. The Kier molecular flexibility index (Phi) is 9.79. The number of aliphatic hydroxyl groups is 1. The van der Waals surface area contributed by atoms with Crippen molar-refractivity contribution in [3.8, 4) is 5.75 Å². The lowest BCUT2D eigenvalue weighted by molar-refractivity contribution is -0.0207. The molecule has 1 aliphatic carbocycles. The number of benzene rings is 2. The summed E-state index contributed by atoms with van der Waals surface area (Å²) in [4.78, 5) is 0. The summed E-state index contributed by atoms with van der Waals surface area (Å²) >= 11 is 0. The fourth-order valence-electron chi connectivity index (χ4n) is 4.75. The molecular weight excluding hydrogens is 512 g/mol. The summed E-state index contributed by atoms with van der Waals surface area (Å²) in [5.74, 6) is 0.488. The van der Waals surface area contributed by atoms with E-state index in [0.29, 0.717) is 37.3 Å². The van der Waals surface area contributed by atoms with E-state index in [0.717, 1.165) is 24.0 Å². The maximum atomic E-state index is 12.3. The number of hydrogen-bond acceptors (Lipinski definition) is 6. The summed E-state index contributed by atoms with van der Waals surface area (Å²) in [6.45, 7) is 6.07. The number of nitrogens with one attached hydrogen (secondary N) is 2. The molecule has 8 nitrogen and oxygen atoms in total. The molecule has 1 unspecified atom stereocenters. The third-order valence-electron chi connectivity index (χ3n) is 7.41. The molecule has 0 bridgehead atoms. The van der Waals surface area contributed by atoms with Crippen LogP contribution in [0.1, 0.15) is 63.1 Å². The molecule has 2 aromatic carbocycles. The van der Waals surface area contributed by atoms with Crippen LogP contribution >= 0.6 is 0 Å². The largest absolute Gasteiger partial charge is 0.508 e. The van der Waals surface area contributed by atoms with E-state index < -0.39 is 30.9 Å². The minimum atomic E-state index is -3.49. The average molecular weight is 553 g/mol. The summed E-state index contributed by atoms with van der Waals surface area (Å²) < 4.78 is 54.1. The maximum absolute atomic E-state index is 12.3. The molecule has 0 saturated heterocycles. The highest BCUT2D eigenvalue weighted by molar-refractivity contribution is 7.90. The molecule has 0 aliphatic heterocycles. The minimum Gasteiger partial charge on any atom is -0.508 e. The molecule has 37 heavy (non-hydrogen) atoms. The Bertz CT molecular complexity index is 1220. The monoisotopic (exact) mass is 552 g/mol. The lowest BCUT2D eigenvalue weighted by Gasteiger charge is -2.38. The van der Waals surface area contributed by atoms with Gasteiger partial charge in [0.15, 0.2) is 0 Å². The Balaban J connectivity index is 1.47. The van der Waals surface area contributed by atoms with Crippen LogP contribution in [0.25, 0.3) is 0 Å². The van der Waals surface area contributed by atoms with Crippen molar-refractivity contribution in [1.29, 1.82) is 0 Å². The summed E-state index contributed by atoms with van der Waals surface area (Å²) in [5, 5.41) is 20.2. The molecular formula is C27H40N2O6S2. The third-order valence-corrected chi connectivity index (χ3v) is 10.6. The fraction of sp³-hybridized carbons (Fsp3) is 0.556. The second kappa shape index (κ2) is 12.3. The first-order valence-electron chi connectivity index (χ1n) is 12.9. The lowest BCUT2D eigenvalue weighted by atomic mass is 9.71. The third kappa shape index (κ3) is 8.51. The predicted molar refractivity (Wildman–Crippen MR) is 146 cm³/mol. The van der Waals surface area contributed by atoms with Crippen LogP contribution in [0.2, 0.25) is 0 Å². The van der Waals surface area contributed by atoms with Crippen molar-refractivity contribution in [3.05, 3.63) is 65.2 Å². The number of aromatic hydroxyl groups is 1. The highest BCUT2D eigenvalue weighted by atomic mass is 32.2. The van der Waals surface area contributed by atoms with Crippen LogP contribution in [0, 0.1) is 11.8 Å². The van der Waals surface area contributed by atoms with Gasteiger partial charge in [0.05, 0.1) is 16.6 Å². The normalized spacial score (nSPS) is 21.7. The van der Waals surface area contributed by atoms with Crippen LogP contribution in [0.5, 0.6) is 5.75 Å². The zero-order valence-corrected chi connectivity index (χ0v) is 23.5. The molecule has 1 aliphatic rings. The van der Waals surface area contributed by atoms with Gasteiger partial charge in [0.2, 0.25) is 20.0 Å². The topological polar surface area (TPSA) is 133 Å². The van der Waals surface area contributed by atoms with E-state index in [9.17, 15) is 27.0 Å². The van der Waals surface area contributed by atoms with Gasteiger partial charge in [-0.1, -0.05) is 43.3 Å². The van der Waals surface area contributed by atoms with E-state index >= 15 is 0 Å². The van der Waals surface area contributed by atoms with Gasteiger partial charge in [0.1, 0.15) is 5.75 Å². The molecule has 3 rings (SSSR count). The molecule has 0 amide bonds. The summed E-state index contributed by atoms with van der Waals surface area (Å²) in [6, 6.07) is 13.8. The molecule has 0 radical (unpaired) electrons. The van der Waals surface area contributed by atoms with Crippen molar-refractivity contribution in [2.24, 2.45) is 11.8 Å². The second-order valence-corrected chi connectivity index (χ2v) is 14.7. The van der Waals surface area contributed by atoms with E-state index in [1.54, 1.807) is 26.0 Å². The zero-order chi connectivity index (χ0) is 27.3. The van der Waals surface area contributed by atoms with Crippen molar-refractivity contribution in [2.45, 2.75) is 69.5 Å². The van der Waals surface area contributed by atoms with Crippen molar-refractivity contribution < 1.29 is 27.0 Å². The highest BCUT2D eigenvalue weighted by Gasteiger charge is 2.36. The standard InChI is InChI=1S/C27H40N2O6S2/c1-20(2)37(34,35)29-18-21(3)24-12-15-27(31,16-13-24)25-8-4-22(5-9-25)14-17-28-36(32,33)19-23-6-10-26(30)11-7-23/h4-11,20-21,24,28-31H,12-19H2,1-3H3. The number of phenols is 1. The van der Waals surface area contributed by atoms with Gasteiger partial charge in [-0.2, -0.15) is 0 Å². The molecule has 206 valence electrons. The van der Waals surface area contributed by atoms with Crippen LogP contribution in [-0.2, 0) is 37.8 Å². The van der Waals surface area contributed by atoms with Gasteiger partial charge in [0.25, 0.3) is 0 Å². The molecule has 0 aromatic heterocycles. The molecule has 0 spiro atoms. The Morgan fingerprint density at radius 3 is 2.03 bits per heavy atom. The first-order chi connectivity index (χ1) is 17.3. The van der Waals surface area contributed by atoms with E-state index in [1.807, 2.05) is 24.3 Å². The van der Waals surface area contributed by atoms with Crippen LogP contribution in [-0.4, -0.2) is 45.4 Å². The van der Waals surface area contributed by atoms with E-state index in [1.165, 1.54) is 12.1 Å². The van der Waals surface area contributed by atoms with Gasteiger partial charge in [-0.25, -0.2) is 26.3 Å². The van der Waals surface area contributed by atoms with E-state index in [4.69, 9.17) is 0 Å². The maximum Gasteiger partial charge on any atom is 0.215 e. The smallest absolute Gasteiger partial charge is 0.215 e. The Labute approximate surface area is 221 Å². The predicted octanol–water partition coefficient (Wildman–Crippen LogP) is 3.40. The highest BCUT2D eigenvalue weighted by Crippen LogP contribution is 2.41. The van der Waals surface area contributed by atoms with E-state index in [-0.39, 0.29) is 24.0 Å². The average Bonchev–Trinajstić information content (AvgIpc) is 2.84. The van der Waals surface area contributed by atoms with Gasteiger partial charge in [-0.05, 0) is 86.6 Å². The minimum absolute atomic E-state index is 0.0943. The van der Waals surface area contributed by atoms with Gasteiger partial charge in [-0.15, -0.1) is 0 Å².